The van der Waals surface area contributed by atoms with Crippen molar-refractivity contribution in [3.05, 3.63) is 27.6 Å². The highest BCUT2D eigenvalue weighted by Crippen LogP contribution is 2.36. The summed E-state index contributed by atoms with van der Waals surface area (Å²) in [5.41, 5.74) is 4.03. The highest BCUT2D eigenvalue weighted by Gasteiger charge is 2.36. The lowest BCUT2D eigenvalue weighted by Gasteiger charge is -2.12. The number of aromatic nitrogens is 1. The maximum Gasteiger partial charge on any atom is 0.573 e. The molecule has 0 amide bonds. The number of nitro groups is 1. The molecule has 1 heterocycles. The maximum absolute atomic E-state index is 12.1. The van der Waals surface area contributed by atoms with E-state index in [4.69, 9.17) is 5.73 Å². The molecular formula is C8H8F3N3O3. The highest BCUT2D eigenvalue weighted by atomic mass is 19.4. The van der Waals surface area contributed by atoms with Gasteiger partial charge in [0.1, 0.15) is 0 Å². The van der Waals surface area contributed by atoms with Crippen LogP contribution in [0.25, 0.3) is 0 Å². The van der Waals surface area contributed by atoms with Gasteiger partial charge in [-0.2, -0.15) is 0 Å². The van der Waals surface area contributed by atoms with Gasteiger partial charge in [-0.15, -0.1) is 13.2 Å². The Bertz CT molecular complexity index is 448. The van der Waals surface area contributed by atoms with Gasteiger partial charge in [-0.3, -0.25) is 15.1 Å². The van der Waals surface area contributed by atoms with Gasteiger partial charge in [0.05, 0.1) is 16.2 Å². The lowest BCUT2D eigenvalue weighted by Crippen LogP contribution is -2.20. The maximum atomic E-state index is 12.1. The van der Waals surface area contributed by atoms with E-state index in [1.807, 2.05) is 0 Å². The van der Waals surface area contributed by atoms with Crippen LogP contribution < -0.4 is 10.5 Å². The molecule has 0 aliphatic heterocycles. The summed E-state index contributed by atoms with van der Waals surface area (Å²) in [6.07, 6.45) is -3.97. The first-order valence-corrected chi connectivity index (χ1v) is 4.35. The molecule has 0 bridgehead atoms. The summed E-state index contributed by atoms with van der Waals surface area (Å²) in [4.78, 5) is 13.3. The number of nitrogens with zero attached hydrogens (tertiary/aromatic N) is 2. The minimum atomic E-state index is -5.02. The average Bonchev–Trinajstić information content (AvgIpc) is 2.18. The van der Waals surface area contributed by atoms with E-state index in [-0.39, 0.29) is 17.8 Å². The van der Waals surface area contributed by atoms with Crippen molar-refractivity contribution in [1.29, 1.82) is 0 Å². The van der Waals surface area contributed by atoms with Crippen LogP contribution >= 0.6 is 0 Å². The third-order valence-corrected chi connectivity index (χ3v) is 1.88. The first kappa shape index (κ1) is 13.2. The van der Waals surface area contributed by atoms with E-state index in [0.29, 0.717) is 0 Å². The molecule has 2 N–H and O–H groups in total. The Labute approximate surface area is 93.3 Å². The molecule has 0 aliphatic rings. The van der Waals surface area contributed by atoms with E-state index in [9.17, 15) is 23.3 Å². The first-order valence-electron chi connectivity index (χ1n) is 4.35. The summed E-state index contributed by atoms with van der Waals surface area (Å²) in [6, 6.07) is 0. The van der Waals surface area contributed by atoms with Gasteiger partial charge < -0.3 is 10.5 Å². The van der Waals surface area contributed by atoms with Crippen LogP contribution in [0, 0.1) is 17.0 Å². The molecule has 6 nitrogen and oxygen atoms in total. The number of halogens is 3. The lowest BCUT2D eigenvalue weighted by atomic mass is 10.2. The Kier molecular flexibility index (Phi) is 3.51. The third-order valence-electron chi connectivity index (χ3n) is 1.88. The molecule has 0 aliphatic carbocycles. The van der Waals surface area contributed by atoms with Crippen LogP contribution in [0.4, 0.5) is 18.9 Å². The standard InChI is InChI=1S/C8H8F3N3O3/c1-4-7(17-8(9,10)11)6(14(15)16)5(2-12)3-13-4/h3H,2,12H2,1H3. The van der Waals surface area contributed by atoms with Gasteiger partial charge in [-0.05, 0) is 6.92 Å². The number of rotatable bonds is 3. The molecule has 0 saturated carbocycles. The van der Waals surface area contributed by atoms with Crippen molar-refractivity contribution in [2.75, 3.05) is 0 Å². The second-order valence-electron chi connectivity index (χ2n) is 3.06. The van der Waals surface area contributed by atoms with Crippen LogP contribution in [-0.4, -0.2) is 16.3 Å². The number of pyridine rings is 1. The van der Waals surface area contributed by atoms with Crippen LogP contribution in [0.15, 0.2) is 6.20 Å². The topological polar surface area (TPSA) is 91.3 Å². The fourth-order valence-corrected chi connectivity index (χ4v) is 1.20. The Hall–Kier alpha value is -1.90. The molecule has 17 heavy (non-hydrogen) atoms. The molecule has 0 fully saturated rings. The second kappa shape index (κ2) is 4.53. The van der Waals surface area contributed by atoms with Crippen molar-refractivity contribution >= 4 is 5.69 Å². The zero-order valence-electron chi connectivity index (χ0n) is 8.61. The molecule has 1 rings (SSSR count). The summed E-state index contributed by atoms with van der Waals surface area (Å²) < 4.78 is 39.9. The SMILES string of the molecule is Cc1ncc(CN)c([N+](=O)[O-])c1OC(F)(F)F. The normalized spacial score (nSPS) is 11.4. The molecule has 94 valence electrons. The molecule has 1 aromatic rings. The molecule has 0 saturated heterocycles. The predicted molar refractivity (Wildman–Crippen MR) is 50.2 cm³/mol. The van der Waals surface area contributed by atoms with Crippen LogP contribution in [0.5, 0.6) is 5.75 Å². The van der Waals surface area contributed by atoms with E-state index >= 15 is 0 Å². The summed E-state index contributed by atoms with van der Waals surface area (Å²) >= 11 is 0. The molecular weight excluding hydrogens is 243 g/mol. The molecule has 0 aromatic carbocycles. The van der Waals surface area contributed by atoms with Crippen LogP contribution in [0.3, 0.4) is 0 Å². The Balaban J connectivity index is 3.39. The van der Waals surface area contributed by atoms with E-state index in [1.165, 1.54) is 6.92 Å². The number of hydrogen-bond acceptors (Lipinski definition) is 5. The number of ether oxygens (including phenoxy) is 1. The quantitative estimate of drug-likeness (QED) is 0.651. The van der Waals surface area contributed by atoms with Crippen molar-refractivity contribution in [2.24, 2.45) is 5.73 Å². The van der Waals surface area contributed by atoms with Gasteiger partial charge >= 0.3 is 12.0 Å². The van der Waals surface area contributed by atoms with Crippen molar-refractivity contribution in [3.8, 4) is 5.75 Å². The Morgan fingerprint density at radius 2 is 2.18 bits per heavy atom. The summed E-state index contributed by atoms with van der Waals surface area (Å²) in [7, 11) is 0. The summed E-state index contributed by atoms with van der Waals surface area (Å²) in [5.74, 6) is -0.926. The average molecular weight is 251 g/mol. The predicted octanol–water partition coefficient (Wildman–Crippen LogP) is 1.66. The van der Waals surface area contributed by atoms with Crippen LogP contribution in [0.2, 0.25) is 0 Å². The smallest absolute Gasteiger partial charge is 0.396 e. The van der Waals surface area contributed by atoms with Gasteiger partial charge in [0.25, 0.3) is 0 Å². The van der Waals surface area contributed by atoms with Crippen LogP contribution in [-0.2, 0) is 6.54 Å². The monoisotopic (exact) mass is 251 g/mol. The molecule has 0 unspecified atom stereocenters. The van der Waals surface area contributed by atoms with Crippen LogP contribution in [0.1, 0.15) is 11.3 Å². The van der Waals surface area contributed by atoms with Gasteiger partial charge in [0.15, 0.2) is 0 Å². The Morgan fingerprint density at radius 3 is 2.59 bits per heavy atom. The van der Waals surface area contributed by atoms with Crippen molar-refractivity contribution < 1.29 is 22.8 Å². The largest absolute Gasteiger partial charge is 0.573 e. The third kappa shape index (κ3) is 3.03. The minimum Gasteiger partial charge on any atom is -0.396 e. The van der Waals surface area contributed by atoms with E-state index in [0.717, 1.165) is 6.20 Å². The molecule has 0 spiro atoms. The molecule has 9 heteroatoms. The van der Waals surface area contributed by atoms with Crippen molar-refractivity contribution in [1.82, 2.24) is 4.98 Å². The second-order valence-corrected chi connectivity index (χ2v) is 3.06. The van der Waals surface area contributed by atoms with E-state index in [2.05, 4.69) is 9.72 Å². The number of alkyl halides is 3. The van der Waals surface area contributed by atoms with Crippen molar-refractivity contribution in [2.45, 2.75) is 19.8 Å². The Morgan fingerprint density at radius 1 is 1.59 bits per heavy atom. The van der Waals surface area contributed by atoms with Gasteiger partial charge in [-0.25, -0.2) is 0 Å². The highest BCUT2D eigenvalue weighted by molar-refractivity contribution is 5.54. The first-order chi connectivity index (χ1) is 7.76. The van der Waals surface area contributed by atoms with Gasteiger partial charge in [0, 0.05) is 12.7 Å². The lowest BCUT2D eigenvalue weighted by molar-refractivity contribution is -0.389. The zero-order valence-corrected chi connectivity index (χ0v) is 8.61. The van der Waals surface area contributed by atoms with E-state index < -0.39 is 22.7 Å². The fourth-order valence-electron chi connectivity index (χ4n) is 1.20. The zero-order chi connectivity index (χ0) is 13.2. The van der Waals surface area contributed by atoms with E-state index in [1.54, 1.807) is 0 Å². The van der Waals surface area contributed by atoms with Gasteiger partial charge in [-0.1, -0.05) is 0 Å². The molecule has 0 radical (unpaired) electrons. The fraction of sp³-hybridized carbons (Fsp3) is 0.375. The van der Waals surface area contributed by atoms with Crippen molar-refractivity contribution in [3.63, 3.8) is 0 Å². The van der Waals surface area contributed by atoms with Gasteiger partial charge in [0.2, 0.25) is 5.75 Å². The summed E-state index contributed by atoms with van der Waals surface area (Å²) in [5, 5.41) is 10.7. The number of aryl methyl sites for hydroxylation is 1. The molecule has 0 atom stereocenters. The minimum absolute atomic E-state index is 0.125. The number of nitrogens with two attached hydrogens (primary N) is 1. The summed E-state index contributed by atoms with van der Waals surface area (Å²) in [6.45, 7) is 0.867. The number of hydrogen-bond donors (Lipinski definition) is 1. The molecule has 1 aromatic heterocycles.